The Balaban J connectivity index is 1.99. The average molecular weight is 304 g/mol. The molecule has 0 unspecified atom stereocenters. The maximum absolute atomic E-state index is 9.37. The first-order valence-corrected chi connectivity index (χ1v) is 7.30. The van der Waals surface area contributed by atoms with Gasteiger partial charge < -0.3 is 21.3 Å². The number of rotatable bonds is 6. The molecule has 8 nitrogen and oxygen atoms in total. The molecule has 2 aromatic heterocycles. The minimum Gasteiger partial charge on any atom is -0.395 e. The molecule has 1 aliphatic carbocycles. The maximum Gasteiger partial charge on any atom is 0.224 e. The van der Waals surface area contributed by atoms with E-state index in [2.05, 4.69) is 27.2 Å². The van der Waals surface area contributed by atoms with Crippen molar-refractivity contribution in [3.8, 4) is 0 Å². The standard InChI is InChI=1S/C14H20N6O2/c1-2-3-16-11-10-12(19-13(15)18-11)20(8-17-10)5-9-4-14(9,6-21)7-22/h5,8,21-22H,2-4,6-7H2,1H3,(H3,15,16,18,19)/b9-5-. The molecule has 2 heterocycles. The first-order chi connectivity index (χ1) is 10.6. The highest BCUT2D eigenvalue weighted by molar-refractivity contribution is 5.85. The summed E-state index contributed by atoms with van der Waals surface area (Å²) < 4.78 is 1.76. The third-order valence-electron chi connectivity index (χ3n) is 3.97. The SMILES string of the molecule is CCCNc1nc(N)nc2c1ncn2/C=C1/CC1(CO)CO. The van der Waals surface area contributed by atoms with Gasteiger partial charge in [-0.25, -0.2) is 4.98 Å². The van der Waals surface area contributed by atoms with Crippen LogP contribution in [0.4, 0.5) is 11.8 Å². The second kappa shape index (κ2) is 5.54. The van der Waals surface area contributed by atoms with E-state index in [1.165, 1.54) is 0 Å². The summed E-state index contributed by atoms with van der Waals surface area (Å²) in [6.07, 6.45) is 5.12. The van der Waals surface area contributed by atoms with Gasteiger partial charge in [-0.1, -0.05) is 6.92 Å². The topological polar surface area (TPSA) is 122 Å². The van der Waals surface area contributed by atoms with E-state index in [0.717, 1.165) is 18.5 Å². The summed E-state index contributed by atoms with van der Waals surface area (Å²) in [4.78, 5) is 12.8. The molecule has 0 amide bonds. The monoisotopic (exact) mass is 304 g/mol. The molecule has 0 spiro atoms. The van der Waals surface area contributed by atoms with Crippen LogP contribution in [0.1, 0.15) is 19.8 Å². The fraction of sp³-hybridized carbons (Fsp3) is 0.500. The van der Waals surface area contributed by atoms with Gasteiger partial charge in [-0.05, 0) is 18.4 Å². The molecule has 22 heavy (non-hydrogen) atoms. The first-order valence-electron chi connectivity index (χ1n) is 7.30. The average Bonchev–Trinajstić information content (AvgIpc) is 3.09. The lowest BCUT2D eigenvalue weighted by molar-refractivity contribution is 0.143. The highest BCUT2D eigenvalue weighted by Crippen LogP contribution is 2.51. The highest BCUT2D eigenvalue weighted by Gasteiger charge is 2.48. The van der Waals surface area contributed by atoms with Crippen molar-refractivity contribution in [3.05, 3.63) is 11.9 Å². The van der Waals surface area contributed by atoms with Crippen LogP contribution in [0.15, 0.2) is 11.9 Å². The van der Waals surface area contributed by atoms with Gasteiger partial charge in [0.05, 0.1) is 13.2 Å². The van der Waals surface area contributed by atoms with E-state index < -0.39 is 5.41 Å². The van der Waals surface area contributed by atoms with Crippen LogP contribution in [0.25, 0.3) is 17.4 Å². The van der Waals surface area contributed by atoms with Gasteiger partial charge in [0.15, 0.2) is 17.0 Å². The van der Waals surface area contributed by atoms with Crippen LogP contribution in [-0.4, -0.2) is 49.5 Å². The number of aliphatic hydroxyl groups excluding tert-OH is 2. The molecule has 0 aliphatic heterocycles. The zero-order valence-electron chi connectivity index (χ0n) is 12.5. The van der Waals surface area contributed by atoms with Gasteiger partial charge in [-0.3, -0.25) is 4.57 Å². The number of fused-ring (bicyclic) bond motifs is 1. The normalized spacial score (nSPS) is 18.0. The number of imidazole rings is 1. The molecular weight excluding hydrogens is 284 g/mol. The number of nitrogens with two attached hydrogens (primary N) is 1. The number of aliphatic hydroxyl groups is 2. The van der Waals surface area contributed by atoms with E-state index in [0.29, 0.717) is 23.4 Å². The molecule has 1 saturated carbocycles. The number of nitrogens with one attached hydrogen (secondary N) is 1. The maximum atomic E-state index is 9.37. The van der Waals surface area contributed by atoms with Crippen LogP contribution in [0.5, 0.6) is 0 Å². The summed E-state index contributed by atoms with van der Waals surface area (Å²) in [5.41, 5.74) is 7.50. The second-order valence-electron chi connectivity index (χ2n) is 5.61. The summed E-state index contributed by atoms with van der Waals surface area (Å²) in [5.74, 6) is 0.797. The fourth-order valence-electron chi connectivity index (χ4n) is 2.43. The zero-order valence-corrected chi connectivity index (χ0v) is 12.5. The highest BCUT2D eigenvalue weighted by atomic mass is 16.3. The lowest BCUT2D eigenvalue weighted by Gasteiger charge is -2.06. The van der Waals surface area contributed by atoms with Crippen molar-refractivity contribution < 1.29 is 10.2 Å². The van der Waals surface area contributed by atoms with Crippen LogP contribution in [-0.2, 0) is 0 Å². The van der Waals surface area contributed by atoms with E-state index in [9.17, 15) is 10.2 Å². The minimum absolute atomic E-state index is 0.0671. The van der Waals surface area contributed by atoms with E-state index in [-0.39, 0.29) is 19.2 Å². The van der Waals surface area contributed by atoms with Crippen LogP contribution in [0.3, 0.4) is 0 Å². The summed E-state index contributed by atoms with van der Waals surface area (Å²) in [6.45, 7) is 2.71. The molecular formula is C14H20N6O2. The summed E-state index contributed by atoms with van der Waals surface area (Å²) >= 11 is 0. The molecule has 0 aromatic carbocycles. The van der Waals surface area contributed by atoms with E-state index in [1.54, 1.807) is 10.9 Å². The predicted octanol–water partition coefficient (Wildman–Crippen LogP) is 0.446. The van der Waals surface area contributed by atoms with Crippen molar-refractivity contribution in [2.45, 2.75) is 19.8 Å². The van der Waals surface area contributed by atoms with Crippen LogP contribution in [0.2, 0.25) is 0 Å². The lowest BCUT2D eigenvalue weighted by Crippen LogP contribution is -2.12. The summed E-state index contributed by atoms with van der Waals surface area (Å²) in [7, 11) is 0. The molecule has 3 rings (SSSR count). The van der Waals surface area contributed by atoms with Crippen LogP contribution in [0, 0.1) is 5.41 Å². The second-order valence-corrected chi connectivity index (χ2v) is 5.61. The van der Waals surface area contributed by atoms with E-state index in [1.807, 2.05) is 6.20 Å². The van der Waals surface area contributed by atoms with Crippen molar-refractivity contribution in [2.24, 2.45) is 5.41 Å². The molecule has 5 N–H and O–H groups in total. The van der Waals surface area contributed by atoms with Gasteiger partial charge in [-0.15, -0.1) is 0 Å². The molecule has 8 heteroatoms. The van der Waals surface area contributed by atoms with Crippen molar-refractivity contribution in [2.75, 3.05) is 30.8 Å². The van der Waals surface area contributed by atoms with Gasteiger partial charge in [0.2, 0.25) is 5.95 Å². The number of nitrogens with zero attached hydrogens (tertiary/aromatic N) is 4. The van der Waals surface area contributed by atoms with Gasteiger partial charge >= 0.3 is 0 Å². The molecule has 1 fully saturated rings. The molecule has 2 aromatic rings. The Morgan fingerprint density at radius 2 is 2.18 bits per heavy atom. The lowest BCUT2D eigenvalue weighted by atomic mass is 10.1. The third-order valence-corrected chi connectivity index (χ3v) is 3.97. The summed E-state index contributed by atoms with van der Waals surface area (Å²) in [5, 5.41) is 21.9. The Bertz CT molecular complexity index is 719. The number of nitrogen functional groups attached to an aromatic ring is 1. The third kappa shape index (κ3) is 2.40. The number of anilines is 2. The predicted molar refractivity (Wildman–Crippen MR) is 84.0 cm³/mol. The Morgan fingerprint density at radius 1 is 1.41 bits per heavy atom. The smallest absolute Gasteiger partial charge is 0.224 e. The Labute approximate surface area is 127 Å². The molecule has 0 atom stereocenters. The Morgan fingerprint density at radius 3 is 2.82 bits per heavy atom. The van der Waals surface area contributed by atoms with Gasteiger partial charge in [0, 0.05) is 18.2 Å². The van der Waals surface area contributed by atoms with Crippen molar-refractivity contribution in [3.63, 3.8) is 0 Å². The van der Waals surface area contributed by atoms with Crippen LogP contribution < -0.4 is 11.1 Å². The van der Waals surface area contributed by atoms with Crippen LogP contribution >= 0.6 is 0 Å². The van der Waals surface area contributed by atoms with E-state index in [4.69, 9.17) is 5.73 Å². The van der Waals surface area contributed by atoms with Gasteiger partial charge in [0.25, 0.3) is 0 Å². The van der Waals surface area contributed by atoms with Crippen molar-refractivity contribution in [1.29, 1.82) is 0 Å². The first kappa shape index (κ1) is 14.7. The van der Waals surface area contributed by atoms with Gasteiger partial charge in [0.1, 0.15) is 6.33 Å². The largest absolute Gasteiger partial charge is 0.395 e. The number of hydrogen-bond donors (Lipinski definition) is 4. The van der Waals surface area contributed by atoms with E-state index >= 15 is 0 Å². The van der Waals surface area contributed by atoms with Crippen molar-refractivity contribution >= 4 is 29.1 Å². The Hall–Kier alpha value is -2.19. The summed E-state index contributed by atoms with van der Waals surface area (Å²) in [6, 6.07) is 0. The zero-order chi connectivity index (χ0) is 15.7. The Kier molecular flexibility index (Phi) is 3.71. The molecule has 0 radical (unpaired) electrons. The number of aromatic nitrogens is 4. The van der Waals surface area contributed by atoms with Crippen molar-refractivity contribution in [1.82, 2.24) is 19.5 Å². The molecule has 118 valence electrons. The molecule has 0 bridgehead atoms. The fourth-order valence-corrected chi connectivity index (χ4v) is 2.43. The molecule has 1 aliphatic rings. The van der Waals surface area contributed by atoms with Gasteiger partial charge in [-0.2, -0.15) is 9.97 Å². The number of hydrogen-bond acceptors (Lipinski definition) is 7. The molecule has 0 saturated heterocycles. The minimum atomic E-state index is -0.502. The quantitative estimate of drug-likeness (QED) is 0.611.